The van der Waals surface area contributed by atoms with E-state index in [9.17, 15) is 0 Å². The van der Waals surface area contributed by atoms with Gasteiger partial charge in [-0.25, -0.2) is 0 Å². The minimum Gasteiger partial charge on any atom is -0.374 e. The highest BCUT2D eigenvalue weighted by Gasteiger charge is 2.55. The van der Waals surface area contributed by atoms with Crippen molar-refractivity contribution in [2.45, 2.75) is 58.7 Å². The van der Waals surface area contributed by atoms with E-state index in [4.69, 9.17) is 13.3 Å². The molecule has 108 valence electrons. The number of hydrogen-bond donors (Lipinski definition) is 0. The van der Waals surface area contributed by atoms with E-state index in [0.29, 0.717) is 37.4 Å². The third-order valence-electron chi connectivity index (χ3n) is 4.01. The topological polar surface area (TPSA) is 30.9 Å². The van der Waals surface area contributed by atoms with E-state index in [1.54, 1.807) is 0 Å². The van der Waals surface area contributed by atoms with Gasteiger partial charge in [-0.2, -0.15) is 0 Å². The zero-order valence-electron chi connectivity index (χ0n) is 12.7. The van der Waals surface area contributed by atoms with Crippen molar-refractivity contribution in [1.82, 2.24) is 4.90 Å². The number of hydrogen-bond acceptors (Lipinski definition) is 4. The van der Waals surface area contributed by atoms with Gasteiger partial charge in [-0.05, 0) is 48.1 Å². The molecular weight excluding hydrogens is 246 g/mol. The first-order valence-corrected chi connectivity index (χ1v) is 8.96. The average Bonchev–Trinajstić information content (AvgIpc) is 2.58. The molecule has 1 aliphatic rings. The summed E-state index contributed by atoms with van der Waals surface area (Å²) in [6, 6.07) is 1.02. The Balaban J connectivity index is 2.93. The van der Waals surface area contributed by atoms with Crippen LogP contribution in [0, 0.1) is 0 Å². The molecule has 1 rings (SSSR count). The molecule has 0 N–H and O–H groups in total. The maximum atomic E-state index is 6.03. The van der Waals surface area contributed by atoms with Gasteiger partial charge >= 0.3 is 8.80 Å². The summed E-state index contributed by atoms with van der Waals surface area (Å²) in [6.45, 7) is 12.6. The van der Waals surface area contributed by atoms with Crippen molar-refractivity contribution >= 4 is 8.80 Å². The lowest BCUT2D eigenvalue weighted by molar-refractivity contribution is 0.0575. The zero-order valence-corrected chi connectivity index (χ0v) is 13.7. The first-order chi connectivity index (χ1) is 8.52. The Morgan fingerprint density at radius 3 is 1.72 bits per heavy atom. The molecule has 1 aliphatic heterocycles. The molecule has 0 amide bonds. The van der Waals surface area contributed by atoms with Gasteiger partial charge in [0.15, 0.2) is 0 Å². The summed E-state index contributed by atoms with van der Waals surface area (Å²) in [5, 5.41) is 0. The van der Waals surface area contributed by atoms with Crippen LogP contribution in [0.2, 0.25) is 5.54 Å². The smallest absolute Gasteiger partial charge is 0.374 e. The monoisotopic (exact) mass is 275 g/mol. The van der Waals surface area contributed by atoms with Crippen molar-refractivity contribution in [3.05, 3.63) is 0 Å². The predicted molar refractivity (Wildman–Crippen MR) is 75.7 cm³/mol. The van der Waals surface area contributed by atoms with Crippen molar-refractivity contribution < 1.29 is 13.3 Å². The molecule has 0 spiro atoms. The van der Waals surface area contributed by atoms with Crippen LogP contribution in [0.4, 0.5) is 0 Å². The van der Waals surface area contributed by atoms with Crippen LogP contribution in [0.25, 0.3) is 0 Å². The van der Waals surface area contributed by atoms with E-state index < -0.39 is 8.80 Å². The number of likely N-dealkylation sites (tertiary alicyclic amines) is 1. The molecule has 1 heterocycles. The van der Waals surface area contributed by atoms with Crippen molar-refractivity contribution in [1.29, 1.82) is 0 Å². The van der Waals surface area contributed by atoms with E-state index in [0.717, 1.165) is 6.42 Å². The Kier molecular flexibility index (Phi) is 6.27. The Hall–Kier alpha value is 0.0569. The summed E-state index contributed by atoms with van der Waals surface area (Å²) in [5.41, 5.74) is 0.386. The largest absolute Gasteiger partial charge is 0.505 e. The van der Waals surface area contributed by atoms with Crippen molar-refractivity contribution in [3.8, 4) is 0 Å². The number of rotatable bonds is 7. The predicted octanol–water partition coefficient (Wildman–Crippen LogP) is 2.52. The van der Waals surface area contributed by atoms with E-state index in [1.807, 2.05) is 20.8 Å². The summed E-state index contributed by atoms with van der Waals surface area (Å²) < 4.78 is 18.1. The van der Waals surface area contributed by atoms with Gasteiger partial charge in [-0.15, -0.1) is 0 Å². The van der Waals surface area contributed by atoms with Gasteiger partial charge in [-0.3, -0.25) is 0 Å². The first kappa shape index (κ1) is 16.1. The summed E-state index contributed by atoms with van der Waals surface area (Å²) in [4.78, 5) is 2.41. The van der Waals surface area contributed by atoms with Gasteiger partial charge in [0.25, 0.3) is 0 Å². The van der Waals surface area contributed by atoms with Crippen molar-refractivity contribution in [2.24, 2.45) is 0 Å². The molecule has 1 fully saturated rings. The second-order valence-corrected chi connectivity index (χ2v) is 7.81. The third-order valence-corrected chi connectivity index (χ3v) is 7.71. The van der Waals surface area contributed by atoms with Gasteiger partial charge in [-0.1, -0.05) is 0 Å². The lowest BCUT2D eigenvalue weighted by Crippen LogP contribution is -2.53. The molecule has 3 atom stereocenters. The summed E-state index contributed by atoms with van der Waals surface area (Å²) in [7, 11) is -0.372. The van der Waals surface area contributed by atoms with E-state index in [2.05, 4.69) is 25.8 Å². The lowest BCUT2D eigenvalue weighted by Gasteiger charge is -2.35. The number of nitrogens with zero attached hydrogens (tertiary/aromatic N) is 1. The van der Waals surface area contributed by atoms with Crippen molar-refractivity contribution in [3.63, 3.8) is 0 Å². The molecule has 3 unspecified atom stereocenters. The Labute approximate surface area is 113 Å². The molecule has 0 aromatic carbocycles. The molecular formula is C13H29NO3Si. The van der Waals surface area contributed by atoms with Gasteiger partial charge in [0, 0.05) is 37.4 Å². The van der Waals surface area contributed by atoms with Crippen LogP contribution in [0.3, 0.4) is 0 Å². The fourth-order valence-electron chi connectivity index (χ4n) is 2.91. The lowest BCUT2D eigenvalue weighted by atomic mass is 10.2. The van der Waals surface area contributed by atoms with Crippen LogP contribution in [0.1, 0.15) is 41.0 Å². The second-order valence-electron chi connectivity index (χ2n) is 5.00. The highest BCUT2D eigenvalue weighted by atomic mass is 28.4. The average molecular weight is 275 g/mol. The van der Waals surface area contributed by atoms with Crippen LogP contribution in [0.15, 0.2) is 0 Å². The van der Waals surface area contributed by atoms with E-state index >= 15 is 0 Å². The molecule has 0 saturated carbocycles. The van der Waals surface area contributed by atoms with Gasteiger partial charge in [0.05, 0.1) is 0 Å². The third kappa shape index (κ3) is 3.14. The molecule has 18 heavy (non-hydrogen) atoms. The summed E-state index contributed by atoms with van der Waals surface area (Å²) in [6.07, 6.45) is 1.10. The minimum absolute atomic E-state index is 0.386. The molecule has 5 heteroatoms. The Bertz CT molecular complexity index is 235. The minimum atomic E-state index is -2.55. The van der Waals surface area contributed by atoms with Crippen LogP contribution in [-0.4, -0.2) is 52.7 Å². The SMILES string of the molecule is CCO[Si](OCC)(OCC)C1CC(C)N(C)C1C. The normalized spacial score (nSPS) is 30.0. The Morgan fingerprint density at radius 1 is 1.00 bits per heavy atom. The van der Waals surface area contributed by atoms with E-state index in [-0.39, 0.29) is 0 Å². The van der Waals surface area contributed by atoms with Gasteiger partial charge in [0.1, 0.15) is 0 Å². The van der Waals surface area contributed by atoms with Gasteiger partial charge < -0.3 is 18.2 Å². The molecule has 0 aliphatic carbocycles. The molecule has 0 bridgehead atoms. The molecule has 0 aromatic heterocycles. The van der Waals surface area contributed by atoms with Crippen molar-refractivity contribution in [2.75, 3.05) is 26.9 Å². The maximum Gasteiger partial charge on any atom is 0.505 e. The molecule has 1 saturated heterocycles. The molecule has 4 nitrogen and oxygen atoms in total. The molecule has 0 radical (unpaired) electrons. The highest BCUT2D eigenvalue weighted by Crippen LogP contribution is 2.41. The van der Waals surface area contributed by atoms with Crippen LogP contribution in [0.5, 0.6) is 0 Å². The fraction of sp³-hybridized carbons (Fsp3) is 1.00. The van der Waals surface area contributed by atoms with Gasteiger partial charge in [0.2, 0.25) is 0 Å². The quantitative estimate of drug-likeness (QED) is 0.668. The highest BCUT2D eigenvalue weighted by molar-refractivity contribution is 6.62. The first-order valence-electron chi connectivity index (χ1n) is 7.16. The van der Waals surface area contributed by atoms with Crippen LogP contribution >= 0.6 is 0 Å². The van der Waals surface area contributed by atoms with Crippen LogP contribution < -0.4 is 0 Å². The Morgan fingerprint density at radius 2 is 1.44 bits per heavy atom. The molecule has 0 aromatic rings. The summed E-state index contributed by atoms with van der Waals surface area (Å²) >= 11 is 0. The van der Waals surface area contributed by atoms with Crippen LogP contribution in [-0.2, 0) is 13.3 Å². The maximum absolute atomic E-state index is 6.03. The zero-order chi connectivity index (χ0) is 13.8. The standard InChI is InChI=1S/C13H29NO3Si/c1-7-15-18(16-8-2,17-9-3)13-10-11(4)14(6)12(13)5/h11-13H,7-10H2,1-6H3. The second kappa shape index (κ2) is 7.00. The fourth-order valence-corrected chi connectivity index (χ4v) is 6.46. The van der Waals surface area contributed by atoms with E-state index in [1.165, 1.54) is 0 Å². The summed E-state index contributed by atoms with van der Waals surface area (Å²) in [5.74, 6) is 0.